The van der Waals surface area contributed by atoms with Crippen LogP contribution < -0.4 is 4.74 Å². The van der Waals surface area contributed by atoms with Gasteiger partial charge in [-0.1, -0.05) is 36.0 Å². The van der Waals surface area contributed by atoms with Crippen LogP contribution in [0.2, 0.25) is 0 Å². The summed E-state index contributed by atoms with van der Waals surface area (Å²) in [5.74, 6) is -0.00620. The molecule has 1 heterocycles. The second-order valence-electron chi connectivity index (χ2n) is 8.51. The quantitative estimate of drug-likeness (QED) is 0.218. The van der Waals surface area contributed by atoms with Crippen LogP contribution in [-0.4, -0.2) is 42.9 Å². The minimum atomic E-state index is -0.500. The van der Waals surface area contributed by atoms with Crippen molar-refractivity contribution in [2.75, 3.05) is 20.3 Å². The highest BCUT2D eigenvalue weighted by Crippen LogP contribution is 2.28. The summed E-state index contributed by atoms with van der Waals surface area (Å²) in [6, 6.07) is 2.05. The normalized spacial score (nSPS) is 15.5. The van der Waals surface area contributed by atoms with E-state index in [9.17, 15) is 14.4 Å². The molecule has 0 saturated carbocycles. The lowest BCUT2D eigenvalue weighted by molar-refractivity contribution is -0.151. The predicted molar refractivity (Wildman–Crippen MR) is 134 cm³/mol. The maximum Gasteiger partial charge on any atom is 0.331 e. The number of aryl methyl sites for hydroxylation is 1. The van der Waals surface area contributed by atoms with E-state index in [0.29, 0.717) is 19.3 Å². The minimum absolute atomic E-state index is 0.00270. The van der Waals surface area contributed by atoms with Crippen molar-refractivity contribution < 1.29 is 23.9 Å². The van der Waals surface area contributed by atoms with E-state index in [1.165, 1.54) is 22.1 Å². The molecule has 0 radical (unpaired) electrons. The minimum Gasteiger partial charge on any atom is -0.496 e. The number of imide groups is 1. The van der Waals surface area contributed by atoms with Crippen molar-refractivity contribution in [3.63, 3.8) is 0 Å². The number of ether oxygens (including phenoxy) is 2. The average molecular weight is 466 g/mol. The third-order valence-electron chi connectivity index (χ3n) is 5.85. The summed E-state index contributed by atoms with van der Waals surface area (Å²) in [4.78, 5) is 36.7. The van der Waals surface area contributed by atoms with Crippen molar-refractivity contribution in [3.05, 3.63) is 69.8 Å². The highest BCUT2D eigenvalue weighted by atomic mass is 16.5. The maximum absolute atomic E-state index is 12.0. The Kier molecular flexibility index (Phi) is 10.0. The molecule has 0 unspecified atom stereocenters. The van der Waals surface area contributed by atoms with Gasteiger partial charge in [0.15, 0.2) is 0 Å². The van der Waals surface area contributed by atoms with Gasteiger partial charge in [0.2, 0.25) is 11.8 Å². The Morgan fingerprint density at radius 1 is 1.03 bits per heavy atom. The van der Waals surface area contributed by atoms with Crippen LogP contribution in [0.25, 0.3) is 6.08 Å². The van der Waals surface area contributed by atoms with E-state index in [2.05, 4.69) is 39.0 Å². The Bertz CT molecular complexity index is 1040. The lowest BCUT2D eigenvalue weighted by atomic mass is 9.96. The summed E-state index contributed by atoms with van der Waals surface area (Å²) < 4.78 is 10.6. The molecule has 0 atom stereocenters. The van der Waals surface area contributed by atoms with Gasteiger partial charge in [0.25, 0.3) is 0 Å². The number of amides is 2. The number of hydrogen-bond donors (Lipinski definition) is 0. The van der Waals surface area contributed by atoms with E-state index in [1.54, 1.807) is 14.0 Å². The third-order valence-corrected chi connectivity index (χ3v) is 5.85. The van der Waals surface area contributed by atoms with Gasteiger partial charge in [0.1, 0.15) is 12.4 Å². The molecule has 6 heteroatoms. The molecule has 0 aliphatic carbocycles. The number of nitrogens with zero attached hydrogens (tertiary/aromatic N) is 1. The zero-order valence-electron chi connectivity index (χ0n) is 21.1. The maximum atomic E-state index is 12.0. The average Bonchev–Trinajstić information content (AvgIpc) is 2.78. The van der Waals surface area contributed by atoms with Crippen molar-refractivity contribution in [2.45, 2.75) is 53.9 Å². The van der Waals surface area contributed by atoms with Crippen molar-refractivity contribution >= 4 is 23.9 Å². The van der Waals surface area contributed by atoms with Crippen molar-refractivity contribution in [1.29, 1.82) is 0 Å². The third kappa shape index (κ3) is 7.58. The van der Waals surface area contributed by atoms with Gasteiger partial charge in [0.05, 0.1) is 13.7 Å². The molecule has 2 amide bonds. The predicted octanol–water partition coefficient (Wildman–Crippen LogP) is 5.16. The summed E-state index contributed by atoms with van der Waals surface area (Å²) >= 11 is 0. The number of likely N-dealkylation sites (tertiary alicyclic amines) is 1. The molecule has 1 aliphatic rings. The van der Waals surface area contributed by atoms with Gasteiger partial charge < -0.3 is 9.47 Å². The number of benzene rings is 1. The number of carbonyl (C=O) groups excluding carboxylic acids is 3. The first-order chi connectivity index (χ1) is 16.1. The number of methoxy groups -OCH3 is 1. The van der Waals surface area contributed by atoms with E-state index in [4.69, 9.17) is 9.47 Å². The van der Waals surface area contributed by atoms with Gasteiger partial charge in [-0.05, 0) is 74.9 Å². The number of allylic oxidation sites excluding steroid dienone is 6. The van der Waals surface area contributed by atoms with Gasteiger partial charge in [-0.15, -0.1) is 0 Å². The number of rotatable bonds is 9. The van der Waals surface area contributed by atoms with Crippen LogP contribution in [0.4, 0.5) is 0 Å². The van der Waals surface area contributed by atoms with Gasteiger partial charge >= 0.3 is 5.97 Å². The summed E-state index contributed by atoms with van der Waals surface area (Å²) in [5.41, 5.74) is 6.47. The zero-order valence-corrected chi connectivity index (χ0v) is 21.1. The van der Waals surface area contributed by atoms with Crippen LogP contribution in [-0.2, 0) is 19.1 Å². The second-order valence-corrected chi connectivity index (χ2v) is 8.51. The molecule has 1 saturated heterocycles. The fourth-order valence-corrected chi connectivity index (χ4v) is 3.72. The van der Waals surface area contributed by atoms with Crippen LogP contribution in [0.1, 0.15) is 55.4 Å². The highest BCUT2D eigenvalue weighted by molar-refractivity contribution is 5.97. The smallest absolute Gasteiger partial charge is 0.331 e. The molecular formula is C28H35NO5. The Morgan fingerprint density at radius 3 is 2.35 bits per heavy atom. The van der Waals surface area contributed by atoms with E-state index in [1.807, 2.05) is 25.2 Å². The second kappa shape index (κ2) is 12.7. The van der Waals surface area contributed by atoms with Crippen molar-refractivity contribution in [1.82, 2.24) is 4.90 Å². The molecule has 0 spiro atoms. The molecule has 1 aliphatic heterocycles. The van der Waals surface area contributed by atoms with Gasteiger partial charge in [-0.25, -0.2) is 4.79 Å². The molecule has 1 fully saturated rings. The van der Waals surface area contributed by atoms with E-state index in [0.717, 1.165) is 28.0 Å². The van der Waals surface area contributed by atoms with Crippen LogP contribution in [0.15, 0.2) is 47.6 Å². The molecule has 182 valence electrons. The SMILES string of the molecule is COc1cc(C)c(C=CC(C)=CC=CC(C)=CC(=O)OCCN2C(=O)CCCC2=O)c(C)c1C. The first kappa shape index (κ1) is 26.8. The number of esters is 1. The summed E-state index contributed by atoms with van der Waals surface area (Å²) in [6.45, 7) is 10.1. The zero-order chi connectivity index (χ0) is 25.3. The molecule has 6 nitrogen and oxygen atoms in total. The van der Waals surface area contributed by atoms with Gasteiger partial charge in [0, 0.05) is 18.9 Å². The number of piperidine rings is 1. The van der Waals surface area contributed by atoms with Crippen LogP contribution in [0.3, 0.4) is 0 Å². The Labute approximate surface area is 202 Å². The topological polar surface area (TPSA) is 72.9 Å². The van der Waals surface area contributed by atoms with Gasteiger partial charge in [-0.2, -0.15) is 0 Å². The fraction of sp³-hybridized carbons (Fsp3) is 0.393. The number of carbonyl (C=O) groups is 3. The Balaban J connectivity index is 1.90. The molecule has 2 rings (SSSR count). The van der Waals surface area contributed by atoms with E-state index < -0.39 is 5.97 Å². The highest BCUT2D eigenvalue weighted by Gasteiger charge is 2.25. The van der Waals surface area contributed by atoms with Gasteiger partial charge in [-0.3, -0.25) is 14.5 Å². The molecule has 1 aromatic carbocycles. The van der Waals surface area contributed by atoms with Crippen LogP contribution >= 0.6 is 0 Å². The summed E-state index contributed by atoms with van der Waals surface area (Å²) in [7, 11) is 1.69. The van der Waals surface area contributed by atoms with Crippen LogP contribution in [0.5, 0.6) is 5.75 Å². The lowest BCUT2D eigenvalue weighted by Gasteiger charge is -2.24. The van der Waals surface area contributed by atoms with Crippen LogP contribution in [0, 0.1) is 20.8 Å². The molecular weight excluding hydrogens is 430 g/mol. The molecule has 1 aromatic rings. The van der Waals surface area contributed by atoms with Crippen molar-refractivity contribution in [2.24, 2.45) is 0 Å². The lowest BCUT2D eigenvalue weighted by Crippen LogP contribution is -2.42. The number of hydrogen-bond acceptors (Lipinski definition) is 5. The Hall–Kier alpha value is -3.41. The summed E-state index contributed by atoms with van der Waals surface area (Å²) in [5, 5.41) is 0. The summed E-state index contributed by atoms with van der Waals surface area (Å²) in [6.07, 6.45) is 12.5. The molecule has 34 heavy (non-hydrogen) atoms. The fourth-order valence-electron chi connectivity index (χ4n) is 3.72. The monoisotopic (exact) mass is 465 g/mol. The van der Waals surface area contributed by atoms with E-state index >= 15 is 0 Å². The molecule has 0 N–H and O–H groups in total. The Morgan fingerprint density at radius 2 is 1.71 bits per heavy atom. The standard InChI is InChI=1S/C28H35NO5/c1-19(13-14-24-21(3)18-25(33-6)23(5)22(24)4)9-7-10-20(2)17-28(32)34-16-15-29-26(30)11-8-12-27(29)31/h7,9-10,13-14,17-18H,8,11-12,15-16H2,1-6H3. The molecule has 0 bridgehead atoms. The largest absolute Gasteiger partial charge is 0.496 e. The van der Waals surface area contributed by atoms with Crippen molar-refractivity contribution in [3.8, 4) is 5.75 Å². The molecule has 0 aromatic heterocycles. The van der Waals surface area contributed by atoms with E-state index in [-0.39, 0.29) is 25.0 Å². The first-order valence-electron chi connectivity index (χ1n) is 11.5. The first-order valence-corrected chi connectivity index (χ1v) is 11.5.